The van der Waals surface area contributed by atoms with Gasteiger partial charge in [-0.15, -0.1) is 12.3 Å². The van der Waals surface area contributed by atoms with Crippen LogP contribution >= 0.6 is 0 Å². The zero-order valence-electron chi connectivity index (χ0n) is 9.39. The Morgan fingerprint density at radius 2 is 2.35 bits per heavy atom. The highest BCUT2D eigenvalue weighted by Crippen LogP contribution is 1.98. The summed E-state index contributed by atoms with van der Waals surface area (Å²) >= 11 is 0. The Morgan fingerprint density at radius 3 is 3.18 bits per heavy atom. The van der Waals surface area contributed by atoms with Gasteiger partial charge in [-0.05, 0) is 12.1 Å². The van der Waals surface area contributed by atoms with Crippen molar-refractivity contribution in [1.29, 1.82) is 0 Å². The maximum Gasteiger partial charge on any atom is 0.258 e. The van der Waals surface area contributed by atoms with E-state index in [9.17, 15) is 4.79 Å². The summed E-state index contributed by atoms with van der Waals surface area (Å²) in [7, 11) is 0. The molecule has 0 saturated heterocycles. The van der Waals surface area contributed by atoms with E-state index < -0.39 is 0 Å². The molecule has 0 aliphatic carbocycles. The number of hydrogen-bond donors (Lipinski definition) is 1. The average Bonchev–Trinajstić information content (AvgIpc) is 2.35. The van der Waals surface area contributed by atoms with Gasteiger partial charge in [0.25, 0.3) is 5.56 Å². The number of nitrogens with zero attached hydrogens (tertiary/aromatic N) is 2. The number of aromatic nitrogens is 2. The monoisotopic (exact) mass is 227 g/mol. The lowest BCUT2D eigenvalue weighted by Gasteiger charge is -2.04. The van der Waals surface area contributed by atoms with Crippen LogP contribution in [0.4, 0.5) is 0 Å². The molecule has 17 heavy (non-hydrogen) atoms. The fourth-order valence-corrected chi connectivity index (χ4v) is 1.57. The molecular weight excluding hydrogens is 214 g/mol. The van der Waals surface area contributed by atoms with Gasteiger partial charge < -0.3 is 5.32 Å². The SMILES string of the molecule is C#CCCNCc1cc(=O)n2ccccc2n1. The molecule has 0 aliphatic heterocycles. The molecule has 0 aliphatic rings. The van der Waals surface area contributed by atoms with Crippen LogP contribution in [-0.2, 0) is 6.54 Å². The van der Waals surface area contributed by atoms with Crippen LogP contribution in [-0.4, -0.2) is 15.9 Å². The molecular formula is C13H13N3O. The third kappa shape index (κ3) is 2.71. The summed E-state index contributed by atoms with van der Waals surface area (Å²) in [5.74, 6) is 2.55. The molecule has 2 rings (SSSR count). The van der Waals surface area contributed by atoms with Crippen LogP contribution in [0.1, 0.15) is 12.1 Å². The van der Waals surface area contributed by atoms with E-state index in [1.807, 2.05) is 12.1 Å². The number of nitrogens with one attached hydrogen (secondary N) is 1. The summed E-state index contributed by atoms with van der Waals surface area (Å²) in [6, 6.07) is 7.01. The largest absolute Gasteiger partial charge is 0.310 e. The molecule has 2 aromatic rings. The van der Waals surface area contributed by atoms with Crippen molar-refractivity contribution in [2.75, 3.05) is 6.54 Å². The predicted octanol–water partition coefficient (Wildman–Crippen LogP) is 0.807. The minimum atomic E-state index is -0.0654. The molecule has 0 fully saturated rings. The fraction of sp³-hybridized carbons (Fsp3) is 0.231. The van der Waals surface area contributed by atoms with Crippen LogP contribution in [0.15, 0.2) is 35.3 Å². The molecule has 0 unspecified atom stereocenters. The molecule has 0 saturated carbocycles. The van der Waals surface area contributed by atoms with Gasteiger partial charge >= 0.3 is 0 Å². The van der Waals surface area contributed by atoms with Gasteiger partial charge in [-0.3, -0.25) is 9.20 Å². The van der Waals surface area contributed by atoms with Crippen LogP contribution in [0.25, 0.3) is 5.65 Å². The minimum absolute atomic E-state index is 0.0654. The lowest BCUT2D eigenvalue weighted by molar-refractivity contribution is 0.686. The maximum atomic E-state index is 11.8. The number of hydrogen-bond acceptors (Lipinski definition) is 3. The highest BCUT2D eigenvalue weighted by Gasteiger charge is 2.00. The van der Waals surface area contributed by atoms with E-state index in [1.165, 1.54) is 10.5 Å². The Kier molecular flexibility index (Phi) is 3.53. The number of rotatable bonds is 4. The highest BCUT2D eigenvalue weighted by atomic mass is 16.1. The van der Waals surface area contributed by atoms with Gasteiger partial charge in [0.05, 0.1) is 5.69 Å². The molecule has 4 nitrogen and oxygen atoms in total. The standard InChI is InChI=1S/C13H13N3O/c1-2-3-7-14-10-11-9-13(17)16-8-5-4-6-12(16)15-11/h1,4-6,8-9,14H,3,7,10H2. The maximum absolute atomic E-state index is 11.8. The second-order valence-electron chi connectivity index (χ2n) is 3.65. The summed E-state index contributed by atoms with van der Waals surface area (Å²) in [5.41, 5.74) is 1.33. The topological polar surface area (TPSA) is 46.4 Å². The van der Waals surface area contributed by atoms with Crippen molar-refractivity contribution < 1.29 is 0 Å². The van der Waals surface area contributed by atoms with E-state index in [0.717, 1.165) is 12.2 Å². The molecule has 0 aromatic carbocycles. The van der Waals surface area contributed by atoms with Crippen molar-refractivity contribution in [3.05, 3.63) is 46.5 Å². The van der Waals surface area contributed by atoms with Gasteiger partial charge in [-0.2, -0.15) is 0 Å². The molecule has 86 valence electrons. The fourth-order valence-electron chi connectivity index (χ4n) is 1.57. The van der Waals surface area contributed by atoms with Crippen molar-refractivity contribution >= 4 is 5.65 Å². The molecule has 2 aromatic heterocycles. The van der Waals surface area contributed by atoms with E-state index >= 15 is 0 Å². The van der Waals surface area contributed by atoms with Crippen molar-refractivity contribution in [3.8, 4) is 12.3 Å². The third-order valence-corrected chi connectivity index (χ3v) is 2.38. The molecule has 0 atom stereocenters. The van der Waals surface area contributed by atoms with Crippen molar-refractivity contribution in [2.45, 2.75) is 13.0 Å². The minimum Gasteiger partial charge on any atom is -0.310 e. The van der Waals surface area contributed by atoms with E-state index in [1.54, 1.807) is 12.3 Å². The summed E-state index contributed by atoms with van der Waals surface area (Å²) in [6.45, 7) is 1.29. The molecule has 2 heterocycles. The highest BCUT2D eigenvalue weighted by molar-refractivity contribution is 5.37. The number of terminal acetylenes is 1. The molecule has 1 N–H and O–H groups in total. The van der Waals surface area contributed by atoms with E-state index in [4.69, 9.17) is 6.42 Å². The third-order valence-electron chi connectivity index (χ3n) is 2.38. The second-order valence-corrected chi connectivity index (χ2v) is 3.65. The quantitative estimate of drug-likeness (QED) is 0.621. The first-order valence-corrected chi connectivity index (χ1v) is 5.43. The van der Waals surface area contributed by atoms with Gasteiger partial charge in [0.1, 0.15) is 5.65 Å². The average molecular weight is 227 g/mol. The number of fused-ring (bicyclic) bond motifs is 1. The predicted molar refractivity (Wildman–Crippen MR) is 66.6 cm³/mol. The van der Waals surface area contributed by atoms with Crippen LogP contribution in [0.2, 0.25) is 0 Å². The van der Waals surface area contributed by atoms with E-state index in [0.29, 0.717) is 18.6 Å². The normalized spacial score (nSPS) is 10.3. The molecule has 0 bridgehead atoms. The zero-order valence-corrected chi connectivity index (χ0v) is 9.39. The van der Waals surface area contributed by atoms with Crippen LogP contribution < -0.4 is 10.9 Å². The molecule has 0 radical (unpaired) electrons. The molecule has 0 amide bonds. The van der Waals surface area contributed by atoms with Crippen LogP contribution in [0, 0.1) is 12.3 Å². The van der Waals surface area contributed by atoms with Gasteiger partial charge in [-0.25, -0.2) is 4.98 Å². The summed E-state index contributed by atoms with van der Waals surface area (Å²) in [6.07, 6.45) is 7.53. The van der Waals surface area contributed by atoms with E-state index in [2.05, 4.69) is 16.2 Å². The van der Waals surface area contributed by atoms with Gasteiger partial charge in [0, 0.05) is 31.8 Å². The lowest BCUT2D eigenvalue weighted by Crippen LogP contribution is -2.20. The smallest absolute Gasteiger partial charge is 0.258 e. The Balaban J connectivity index is 2.20. The summed E-state index contributed by atoms with van der Waals surface area (Å²) in [4.78, 5) is 16.1. The van der Waals surface area contributed by atoms with Crippen LogP contribution in [0.3, 0.4) is 0 Å². The van der Waals surface area contributed by atoms with Crippen molar-refractivity contribution in [1.82, 2.24) is 14.7 Å². The Bertz CT molecular complexity index is 610. The summed E-state index contributed by atoms with van der Waals surface area (Å²) in [5, 5.41) is 3.14. The van der Waals surface area contributed by atoms with Crippen molar-refractivity contribution in [2.24, 2.45) is 0 Å². The van der Waals surface area contributed by atoms with Gasteiger partial charge in [0.2, 0.25) is 0 Å². The van der Waals surface area contributed by atoms with E-state index in [-0.39, 0.29) is 5.56 Å². The van der Waals surface area contributed by atoms with Crippen molar-refractivity contribution in [3.63, 3.8) is 0 Å². The first-order valence-electron chi connectivity index (χ1n) is 5.43. The Hall–Kier alpha value is -2.12. The lowest BCUT2D eigenvalue weighted by atomic mass is 10.3. The zero-order chi connectivity index (χ0) is 12.1. The molecule has 0 spiro atoms. The Morgan fingerprint density at radius 1 is 1.47 bits per heavy atom. The summed E-state index contributed by atoms with van der Waals surface area (Å²) < 4.78 is 1.52. The second kappa shape index (κ2) is 5.28. The first kappa shape index (κ1) is 11.4. The Labute approximate surface area is 99.3 Å². The molecule has 4 heteroatoms. The van der Waals surface area contributed by atoms with Gasteiger partial charge in [0.15, 0.2) is 0 Å². The first-order chi connectivity index (χ1) is 8.31. The van der Waals surface area contributed by atoms with Crippen LogP contribution in [0.5, 0.6) is 0 Å². The number of pyridine rings is 1. The van der Waals surface area contributed by atoms with Gasteiger partial charge in [-0.1, -0.05) is 6.07 Å².